The van der Waals surface area contributed by atoms with Crippen LogP contribution in [0.1, 0.15) is 24.9 Å². The molecule has 0 spiro atoms. The summed E-state index contributed by atoms with van der Waals surface area (Å²) < 4.78 is 5.35. The molecule has 2 amide bonds. The second kappa shape index (κ2) is 9.41. The number of halogens is 1. The number of urea groups is 1. The van der Waals surface area contributed by atoms with Crippen LogP contribution in [0.5, 0.6) is 0 Å². The van der Waals surface area contributed by atoms with Crippen molar-refractivity contribution in [1.29, 1.82) is 0 Å². The molecular weight excluding hydrogens is 380 g/mol. The fraction of sp³-hybridized carbons (Fsp3) is 0.500. The Balaban J connectivity index is 2.02. The fourth-order valence-electron chi connectivity index (χ4n) is 3.57. The molecule has 1 unspecified atom stereocenters. The Morgan fingerprint density at radius 2 is 2.00 bits per heavy atom. The molecule has 152 valence electrons. The van der Waals surface area contributed by atoms with E-state index in [-0.39, 0.29) is 12.6 Å². The first-order chi connectivity index (χ1) is 13.5. The van der Waals surface area contributed by atoms with Gasteiger partial charge in [0.15, 0.2) is 0 Å². The van der Waals surface area contributed by atoms with Gasteiger partial charge in [-0.1, -0.05) is 23.7 Å². The number of carbonyl (C=O) groups is 2. The third-order valence-electron chi connectivity index (χ3n) is 5.08. The highest BCUT2D eigenvalue weighted by Crippen LogP contribution is 2.32. The molecule has 2 aliphatic heterocycles. The molecule has 3 rings (SSSR count). The van der Waals surface area contributed by atoms with Crippen LogP contribution in [-0.4, -0.2) is 68.2 Å². The second-order valence-electron chi connectivity index (χ2n) is 6.95. The minimum absolute atomic E-state index is 0.240. The molecule has 0 bridgehead atoms. The van der Waals surface area contributed by atoms with Crippen LogP contribution in [0.15, 0.2) is 35.5 Å². The van der Waals surface area contributed by atoms with Gasteiger partial charge in [-0.15, -0.1) is 0 Å². The van der Waals surface area contributed by atoms with Crippen molar-refractivity contribution < 1.29 is 14.3 Å². The van der Waals surface area contributed by atoms with Gasteiger partial charge >= 0.3 is 12.0 Å². The number of esters is 1. The highest BCUT2D eigenvalue weighted by molar-refractivity contribution is 6.30. The van der Waals surface area contributed by atoms with Crippen LogP contribution in [0.2, 0.25) is 5.02 Å². The lowest BCUT2D eigenvalue weighted by Crippen LogP contribution is -2.49. The van der Waals surface area contributed by atoms with Gasteiger partial charge in [-0.3, -0.25) is 9.80 Å². The molecule has 2 aliphatic rings. The van der Waals surface area contributed by atoms with Crippen LogP contribution in [0.4, 0.5) is 4.79 Å². The number of likely N-dealkylation sites (N-methyl/N-ethyl adjacent to an activating group) is 1. The van der Waals surface area contributed by atoms with Crippen molar-refractivity contribution in [1.82, 2.24) is 20.4 Å². The first kappa shape index (κ1) is 20.6. The molecule has 7 nitrogen and oxygen atoms in total. The topological polar surface area (TPSA) is 73.9 Å². The summed E-state index contributed by atoms with van der Waals surface area (Å²) in [6, 6.07) is 6.35. The number of rotatable bonds is 5. The van der Waals surface area contributed by atoms with Gasteiger partial charge in [-0.2, -0.15) is 0 Å². The van der Waals surface area contributed by atoms with Crippen LogP contribution >= 0.6 is 11.6 Å². The maximum atomic E-state index is 12.9. The largest absolute Gasteiger partial charge is 0.463 e. The number of nitrogens with one attached hydrogen (secondary N) is 2. The zero-order valence-corrected chi connectivity index (χ0v) is 17.1. The van der Waals surface area contributed by atoms with Crippen molar-refractivity contribution in [3.63, 3.8) is 0 Å². The van der Waals surface area contributed by atoms with E-state index in [0.717, 1.165) is 38.2 Å². The summed E-state index contributed by atoms with van der Waals surface area (Å²) in [4.78, 5) is 29.4. The fourth-order valence-corrected chi connectivity index (χ4v) is 3.70. The first-order valence-corrected chi connectivity index (χ1v) is 10.0. The number of ether oxygens (including phenoxy) is 1. The number of carbonyl (C=O) groups excluding carboxylic acids is 2. The highest BCUT2D eigenvalue weighted by Gasteiger charge is 2.37. The van der Waals surface area contributed by atoms with Crippen molar-refractivity contribution in [2.24, 2.45) is 0 Å². The normalized spacial score (nSPS) is 21.3. The SMILES string of the molecule is CCOC(=O)C1=C(CN2CCCNCC2)N(C)C(=O)NC1c1ccc(Cl)cc1. The van der Waals surface area contributed by atoms with E-state index in [1.165, 1.54) is 4.90 Å². The van der Waals surface area contributed by atoms with Crippen molar-refractivity contribution in [2.75, 3.05) is 46.4 Å². The molecule has 0 aromatic heterocycles. The van der Waals surface area contributed by atoms with E-state index in [4.69, 9.17) is 16.3 Å². The Hall–Kier alpha value is -2.09. The molecular formula is C20H27ClN4O3. The lowest BCUT2D eigenvalue weighted by atomic mass is 9.94. The van der Waals surface area contributed by atoms with Crippen LogP contribution in [0.25, 0.3) is 0 Å². The Morgan fingerprint density at radius 3 is 2.71 bits per heavy atom. The molecule has 1 aromatic carbocycles. The van der Waals surface area contributed by atoms with Crippen LogP contribution in [0, 0.1) is 0 Å². The van der Waals surface area contributed by atoms with E-state index in [1.54, 1.807) is 26.1 Å². The molecule has 0 radical (unpaired) electrons. The Morgan fingerprint density at radius 1 is 1.25 bits per heavy atom. The van der Waals surface area contributed by atoms with Crippen molar-refractivity contribution >= 4 is 23.6 Å². The summed E-state index contributed by atoms with van der Waals surface area (Å²) in [6.07, 6.45) is 1.03. The summed E-state index contributed by atoms with van der Waals surface area (Å²) in [5.74, 6) is -0.405. The smallest absolute Gasteiger partial charge is 0.338 e. The zero-order chi connectivity index (χ0) is 20.1. The van der Waals surface area contributed by atoms with Gasteiger partial charge in [0.1, 0.15) is 0 Å². The molecule has 0 aliphatic carbocycles. The summed E-state index contributed by atoms with van der Waals surface area (Å²) in [5.41, 5.74) is 1.96. The van der Waals surface area contributed by atoms with E-state index in [9.17, 15) is 9.59 Å². The quantitative estimate of drug-likeness (QED) is 0.733. The van der Waals surface area contributed by atoms with E-state index < -0.39 is 12.0 Å². The van der Waals surface area contributed by atoms with Gasteiger partial charge in [0.2, 0.25) is 0 Å². The minimum Gasteiger partial charge on any atom is -0.463 e. The number of hydrogen-bond donors (Lipinski definition) is 2. The Labute approximate surface area is 170 Å². The molecule has 1 atom stereocenters. The predicted octanol–water partition coefficient (Wildman–Crippen LogP) is 2.15. The van der Waals surface area contributed by atoms with Crippen molar-refractivity contribution in [2.45, 2.75) is 19.4 Å². The molecule has 28 heavy (non-hydrogen) atoms. The minimum atomic E-state index is -0.569. The van der Waals surface area contributed by atoms with Crippen LogP contribution < -0.4 is 10.6 Å². The third kappa shape index (κ3) is 4.66. The van der Waals surface area contributed by atoms with Gasteiger partial charge in [0.25, 0.3) is 0 Å². The van der Waals surface area contributed by atoms with Crippen LogP contribution in [0.3, 0.4) is 0 Å². The van der Waals surface area contributed by atoms with Gasteiger partial charge in [-0.25, -0.2) is 9.59 Å². The molecule has 2 N–H and O–H groups in total. The third-order valence-corrected chi connectivity index (χ3v) is 5.33. The molecule has 2 heterocycles. The van der Waals surface area contributed by atoms with E-state index >= 15 is 0 Å². The monoisotopic (exact) mass is 406 g/mol. The standard InChI is InChI=1S/C20H27ClN4O3/c1-3-28-19(26)17-16(13-25-11-4-9-22-10-12-25)24(2)20(27)23-18(17)14-5-7-15(21)8-6-14/h5-8,18,22H,3-4,9-13H2,1-2H3,(H,23,27). The Bertz CT molecular complexity index is 742. The lowest BCUT2D eigenvalue weighted by Gasteiger charge is -2.36. The van der Waals surface area contributed by atoms with Crippen LogP contribution in [-0.2, 0) is 9.53 Å². The average molecular weight is 407 g/mol. The number of hydrogen-bond acceptors (Lipinski definition) is 5. The molecule has 0 saturated carbocycles. The van der Waals surface area contributed by atoms with Gasteiger partial charge in [0.05, 0.1) is 18.2 Å². The first-order valence-electron chi connectivity index (χ1n) is 9.64. The predicted molar refractivity (Wildman–Crippen MR) is 108 cm³/mol. The van der Waals surface area contributed by atoms with Crippen molar-refractivity contribution in [3.05, 3.63) is 46.1 Å². The zero-order valence-electron chi connectivity index (χ0n) is 16.3. The number of amides is 2. The van der Waals surface area contributed by atoms with E-state index in [2.05, 4.69) is 15.5 Å². The summed E-state index contributed by atoms with van der Waals surface area (Å²) >= 11 is 6.01. The summed E-state index contributed by atoms with van der Waals surface area (Å²) in [5, 5.41) is 6.90. The van der Waals surface area contributed by atoms with E-state index in [1.807, 2.05) is 12.1 Å². The van der Waals surface area contributed by atoms with Crippen molar-refractivity contribution in [3.8, 4) is 0 Å². The van der Waals surface area contributed by atoms with Gasteiger partial charge in [0, 0.05) is 37.4 Å². The summed E-state index contributed by atoms with van der Waals surface area (Å²) in [6.45, 7) is 6.20. The van der Waals surface area contributed by atoms with Gasteiger partial charge in [-0.05, 0) is 44.1 Å². The number of nitrogens with zero attached hydrogens (tertiary/aromatic N) is 2. The average Bonchev–Trinajstić information content (AvgIpc) is 2.95. The maximum absolute atomic E-state index is 12.9. The highest BCUT2D eigenvalue weighted by atomic mass is 35.5. The maximum Gasteiger partial charge on any atom is 0.338 e. The van der Waals surface area contributed by atoms with Gasteiger partial charge < -0.3 is 15.4 Å². The lowest BCUT2D eigenvalue weighted by molar-refractivity contribution is -0.139. The summed E-state index contributed by atoms with van der Waals surface area (Å²) in [7, 11) is 1.69. The van der Waals surface area contributed by atoms with E-state index in [0.29, 0.717) is 22.8 Å². The Kier molecular flexibility index (Phi) is 6.93. The molecule has 1 saturated heterocycles. The second-order valence-corrected chi connectivity index (χ2v) is 7.39. The molecule has 1 aromatic rings. The molecule has 1 fully saturated rings. The number of benzene rings is 1. The molecule has 8 heteroatoms.